The van der Waals surface area contributed by atoms with E-state index >= 15 is 0 Å². The molecule has 2 fully saturated rings. The summed E-state index contributed by atoms with van der Waals surface area (Å²) in [5, 5.41) is 21.9. The van der Waals surface area contributed by atoms with Gasteiger partial charge in [-0.3, -0.25) is 9.67 Å². The zero-order valence-electron chi connectivity index (χ0n) is 18.6. The van der Waals surface area contributed by atoms with E-state index in [1.54, 1.807) is 26.2 Å². The molecule has 3 N–H and O–H groups in total. The molecule has 3 aromatic heterocycles. The number of rotatable bonds is 7. The van der Waals surface area contributed by atoms with Gasteiger partial charge in [0, 0.05) is 30.1 Å². The molecule has 4 heterocycles. The molecule has 1 aliphatic carbocycles. The number of aliphatic hydroxyl groups is 1. The SMILES string of the molecule is CC(C)(O)c1cc(Nc2cc(Oc3cn(C4CC4)nc3C3CCNCC3)ccn2)ccn1. The molecule has 32 heavy (non-hydrogen) atoms. The monoisotopic (exact) mass is 434 g/mol. The molecule has 1 saturated carbocycles. The molecule has 2 aliphatic rings. The molecule has 0 amide bonds. The number of nitrogens with one attached hydrogen (secondary N) is 2. The van der Waals surface area contributed by atoms with Crippen LogP contribution in [0.4, 0.5) is 11.5 Å². The highest BCUT2D eigenvalue weighted by atomic mass is 16.5. The van der Waals surface area contributed by atoms with Gasteiger partial charge in [0.1, 0.15) is 22.9 Å². The van der Waals surface area contributed by atoms with Crippen molar-refractivity contribution in [2.45, 2.75) is 57.1 Å². The maximum absolute atomic E-state index is 10.2. The van der Waals surface area contributed by atoms with Crippen LogP contribution in [0.2, 0.25) is 0 Å². The Morgan fingerprint density at radius 1 is 1.09 bits per heavy atom. The quantitative estimate of drug-likeness (QED) is 0.512. The third kappa shape index (κ3) is 4.76. The Bertz CT molecular complexity index is 1080. The lowest BCUT2D eigenvalue weighted by atomic mass is 9.94. The van der Waals surface area contributed by atoms with Crippen molar-refractivity contribution in [3.05, 3.63) is 54.2 Å². The highest BCUT2D eigenvalue weighted by molar-refractivity contribution is 5.58. The summed E-state index contributed by atoms with van der Waals surface area (Å²) in [4.78, 5) is 8.67. The average molecular weight is 435 g/mol. The highest BCUT2D eigenvalue weighted by Gasteiger charge is 2.29. The van der Waals surface area contributed by atoms with Gasteiger partial charge in [-0.2, -0.15) is 5.10 Å². The molecular formula is C24H30N6O2. The third-order valence-electron chi connectivity index (χ3n) is 5.99. The van der Waals surface area contributed by atoms with E-state index < -0.39 is 5.60 Å². The van der Waals surface area contributed by atoms with Crippen LogP contribution in [0.3, 0.4) is 0 Å². The molecule has 8 heteroatoms. The second kappa shape index (κ2) is 8.52. The lowest BCUT2D eigenvalue weighted by molar-refractivity contribution is 0.0739. The Morgan fingerprint density at radius 3 is 2.62 bits per heavy atom. The number of anilines is 2. The molecule has 1 aliphatic heterocycles. The van der Waals surface area contributed by atoms with E-state index in [1.165, 1.54) is 12.8 Å². The molecule has 1 saturated heterocycles. The Morgan fingerprint density at radius 2 is 1.88 bits per heavy atom. The van der Waals surface area contributed by atoms with Gasteiger partial charge in [0.05, 0.1) is 17.9 Å². The normalized spacial score (nSPS) is 17.3. The first kappa shape index (κ1) is 20.9. The van der Waals surface area contributed by atoms with E-state index in [0.29, 0.717) is 29.2 Å². The van der Waals surface area contributed by atoms with Crippen molar-refractivity contribution < 1.29 is 9.84 Å². The number of aromatic nitrogens is 4. The fourth-order valence-electron chi connectivity index (χ4n) is 4.03. The number of hydrogen-bond acceptors (Lipinski definition) is 7. The number of ether oxygens (including phenoxy) is 1. The summed E-state index contributed by atoms with van der Waals surface area (Å²) < 4.78 is 8.43. The molecule has 0 bridgehead atoms. The predicted molar refractivity (Wildman–Crippen MR) is 122 cm³/mol. The van der Waals surface area contributed by atoms with Crippen molar-refractivity contribution in [3.63, 3.8) is 0 Å². The standard InChI is InChI=1S/C24H30N6O2/c1-24(2,31)21-13-17(7-11-26-21)28-22-14-19(8-12-27-22)32-20-15-30(18-3-4-18)29-23(20)16-5-9-25-10-6-16/h7-8,11-16,18,25,31H,3-6,9-10H2,1-2H3,(H,26,27,28). The van der Waals surface area contributed by atoms with E-state index in [0.717, 1.165) is 43.1 Å². The van der Waals surface area contributed by atoms with Crippen molar-refractivity contribution in [3.8, 4) is 11.5 Å². The van der Waals surface area contributed by atoms with Gasteiger partial charge in [-0.25, -0.2) is 4.98 Å². The summed E-state index contributed by atoms with van der Waals surface area (Å²) >= 11 is 0. The highest BCUT2D eigenvalue weighted by Crippen LogP contribution is 2.40. The van der Waals surface area contributed by atoms with Crippen molar-refractivity contribution in [1.82, 2.24) is 25.1 Å². The first-order chi connectivity index (χ1) is 15.5. The fraction of sp³-hybridized carbons (Fsp3) is 0.458. The van der Waals surface area contributed by atoms with E-state index in [9.17, 15) is 5.11 Å². The molecule has 0 unspecified atom stereocenters. The summed E-state index contributed by atoms with van der Waals surface area (Å²) in [6, 6.07) is 7.92. The van der Waals surface area contributed by atoms with Crippen LogP contribution >= 0.6 is 0 Å². The molecule has 3 aromatic rings. The molecule has 5 rings (SSSR count). The zero-order chi connectivity index (χ0) is 22.1. The van der Waals surface area contributed by atoms with Crippen LogP contribution in [0.1, 0.15) is 62.9 Å². The maximum Gasteiger partial charge on any atom is 0.168 e. The second-order valence-electron chi connectivity index (χ2n) is 9.21. The minimum atomic E-state index is -1.01. The van der Waals surface area contributed by atoms with E-state index in [1.807, 2.05) is 24.3 Å². The van der Waals surface area contributed by atoms with Crippen LogP contribution in [0.25, 0.3) is 0 Å². The molecule has 0 aromatic carbocycles. The lowest BCUT2D eigenvalue weighted by Crippen LogP contribution is -2.27. The molecule has 0 radical (unpaired) electrons. The zero-order valence-corrected chi connectivity index (χ0v) is 18.6. The van der Waals surface area contributed by atoms with Crippen molar-refractivity contribution >= 4 is 11.5 Å². The molecule has 0 atom stereocenters. The van der Waals surface area contributed by atoms with Crippen molar-refractivity contribution in [2.24, 2.45) is 0 Å². The first-order valence-corrected chi connectivity index (χ1v) is 11.4. The topological polar surface area (TPSA) is 97.1 Å². The smallest absolute Gasteiger partial charge is 0.168 e. The average Bonchev–Trinajstić information content (AvgIpc) is 3.55. The summed E-state index contributed by atoms with van der Waals surface area (Å²) in [6.45, 7) is 5.46. The summed E-state index contributed by atoms with van der Waals surface area (Å²) in [5.41, 5.74) is 1.45. The van der Waals surface area contributed by atoms with Gasteiger partial charge in [0.15, 0.2) is 5.75 Å². The van der Waals surface area contributed by atoms with E-state index in [-0.39, 0.29) is 0 Å². The van der Waals surface area contributed by atoms with Crippen molar-refractivity contribution in [1.29, 1.82) is 0 Å². The van der Waals surface area contributed by atoms with Gasteiger partial charge in [-0.15, -0.1) is 0 Å². The van der Waals surface area contributed by atoms with Gasteiger partial charge in [-0.05, 0) is 70.8 Å². The van der Waals surface area contributed by atoms with Crippen LogP contribution in [0.5, 0.6) is 11.5 Å². The van der Waals surface area contributed by atoms with Gasteiger partial charge in [0.25, 0.3) is 0 Å². The number of piperidine rings is 1. The fourth-order valence-corrected chi connectivity index (χ4v) is 4.03. The van der Waals surface area contributed by atoms with E-state index in [2.05, 4.69) is 31.5 Å². The summed E-state index contributed by atoms with van der Waals surface area (Å²) in [5.74, 6) is 2.63. The summed E-state index contributed by atoms with van der Waals surface area (Å²) in [6.07, 6.45) is 9.99. The van der Waals surface area contributed by atoms with Crippen LogP contribution in [0, 0.1) is 0 Å². The Balaban J connectivity index is 1.36. The number of pyridine rings is 2. The number of nitrogens with zero attached hydrogens (tertiary/aromatic N) is 4. The minimum Gasteiger partial charge on any atom is -0.454 e. The predicted octanol–water partition coefficient (Wildman–Crippen LogP) is 4.24. The van der Waals surface area contributed by atoms with E-state index in [4.69, 9.17) is 9.84 Å². The second-order valence-corrected chi connectivity index (χ2v) is 9.21. The van der Waals surface area contributed by atoms with Gasteiger partial charge in [0.2, 0.25) is 0 Å². The van der Waals surface area contributed by atoms with Crippen LogP contribution in [-0.2, 0) is 5.60 Å². The molecular weight excluding hydrogens is 404 g/mol. The molecule has 8 nitrogen and oxygen atoms in total. The third-order valence-corrected chi connectivity index (χ3v) is 5.99. The molecule has 0 spiro atoms. The minimum absolute atomic E-state index is 0.419. The Labute approximate surface area is 188 Å². The van der Waals surface area contributed by atoms with Gasteiger partial charge in [-0.1, -0.05) is 0 Å². The Kier molecular flexibility index (Phi) is 5.57. The van der Waals surface area contributed by atoms with Gasteiger partial charge < -0.3 is 20.5 Å². The first-order valence-electron chi connectivity index (χ1n) is 11.4. The molecule has 168 valence electrons. The van der Waals surface area contributed by atoms with Crippen LogP contribution < -0.4 is 15.4 Å². The lowest BCUT2D eigenvalue weighted by Gasteiger charge is -2.21. The van der Waals surface area contributed by atoms with Gasteiger partial charge >= 0.3 is 0 Å². The summed E-state index contributed by atoms with van der Waals surface area (Å²) in [7, 11) is 0. The maximum atomic E-state index is 10.2. The number of hydrogen-bond donors (Lipinski definition) is 3. The van der Waals surface area contributed by atoms with Crippen molar-refractivity contribution in [2.75, 3.05) is 18.4 Å². The van der Waals surface area contributed by atoms with Crippen LogP contribution in [0.15, 0.2) is 42.9 Å². The Hall–Kier alpha value is -2.97. The van der Waals surface area contributed by atoms with Crippen LogP contribution in [-0.4, -0.2) is 37.9 Å². The largest absolute Gasteiger partial charge is 0.454 e.